The normalized spacial score (nSPS) is 28.9. The van der Waals surface area contributed by atoms with Crippen molar-refractivity contribution in [2.75, 3.05) is 24.6 Å². The van der Waals surface area contributed by atoms with Gasteiger partial charge in [-0.25, -0.2) is 0 Å². The molecule has 0 aliphatic carbocycles. The monoisotopic (exact) mass is 214 g/mol. The molecule has 2 aliphatic rings. The average molecular weight is 214 g/mol. The van der Waals surface area contributed by atoms with Gasteiger partial charge in [-0.15, -0.1) is 0 Å². The minimum absolute atomic E-state index is 0.00787. The summed E-state index contributed by atoms with van der Waals surface area (Å²) in [6, 6.07) is 0.361. The third-order valence-corrected chi connectivity index (χ3v) is 3.83. The molecular formula is C9H14N2O2S. The van der Waals surface area contributed by atoms with E-state index in [2.05, 4.69) is 5.32 Å². The molecule has 0 aromatic rings. The van der Waals surface area contributed by atoms with Crippen molar-refractivity contribution in [1.82, 2.24) is 10.2 Å². The quantitative estimate of drug-likeness (QED) is 0.660. The van der Waals surface area contributed by atoms with Gasteiger partial charge < -0.3 is 10.2 Å². The Hall–Kier alpha value is -0.710. The van der Waals surface area contributed by atoms with Crippen LogP contribution < -0.4 is 5.32 Å². The third kappa shape index (κ3) is 2.03. The van der Waals surface area contributed by atoms with Gasteiger partial charge in [0.25, 0.3) is 0 Å². The minimum atomic E-state index is -0.00787. The average Bonchev–Trinajstić information content (AvgIpc) is 2.63. The standard InChI is InChI=1S/C9H14N2O2S/c12-8-1-3-11(9(13)5-10-8)7-2-4-14-6-7/h7H,1-6H2,(H,10,12). The van der Waals surface area contributed by atoms with Gasteiger partial charge in [-0.1, -0.05) is 0 Å². The number of carbonyl (C=O) groups excluding carboxylic acids is 2. The SMILES string of the molecule is O=C1CCN(C2CCSC2)C(=O)CN1. The second-order valence-corrected chi connectivity index (χ2v) is 4.78. The van der Waals surface area contributed by atoms with E-state index < -0.39 is 0 Å². The molecule has 1 N–H and O–H groups in total. The van der Waals surface area contributed by atoms with Crippen molar-refractivity contribution in [2.45, 2.75) is 18.9 Å². The highest BCUT2D eigenvalue weighted by atomic mass is 32.2. The van der Waals surface area contributed by atoms with Crippen LogP contribution in [0.25, 0.3) is 0 Å². The van der Waals surface area contributed by atoms with E-state index in [0.717, 1.165) is 17.9 Å². The Morgan fingerprint density at radius 3 is 3.00 bits per heavy atom. The molecule has 2 amide bonds. The van der Waals surface area contributed by atoms with E-state index in [1.807, 2.05) is 16.7 Å². The molecule has 0 aromatic carbocycles. The predicted molar refractivity (Wildman–Crippen MR) is 55.1 cm³/mol. The molecule has 0 saturated carbocycles. The number of rotatable bonds is 1. The molecule has 78 valence electrons. The van der Waals surface area contributed by atoms with E-state index in [0.29, 0.717) is 19.0 Å². The molecule has 2 heterocycles. The van der Waals surface area contributed by atoms with Crippen LogP contribution in [0.2, 0.25) is 0 Å². The predicted octanol–water partition coefficient (Wildman–Crippen LogP) is -0.160. The Morgan fingerprint density at radius 1 is 1.43 bits per heavy atom. The molecule has 14 heavy (non-hydrogen) atoms. The highest BCUT2D eigenvalue weighted by Gasteiger charge is 2.29. The van der Waals surface area contributed by atoms with Gasteiger partial charge in [0.05, 0.1) is 6.54 Å². The highest BCUT2D eigenvalue weighted by molar-refractivity contribution is 7.99. The maximum absolute atomic E-state index is 11.6. The molecule has 2 fully saturated rings. The van der Waals surface area contributed by atoms with Gasteiger partial charge in [-0.2, -0.15) is 11.8 Å². The Bertz CT molecular complexity index is 251. The fraction of sp³-hybridized carbons (Fsp3) is 0.778. The smallest absolute Gasteiger partial charge is 0.242 e. The van der Waals surface area contributed by atoms with Gasteiger partial charge in [0.1, 0.15) is 0 Å². The van der Waals surface area contributed by atoms with E-state index >= 15 is 0 Å². The lowest BCUT2D eigenvalue weighted by Crippen LogP contribution is -2.42. The van der Waals surface area contributed by atoms with Crippen LogP contribution in [-0.2, 0) is 9.59 Å². The maximum atomic E-state index is 11.6. The van der Waals surface area contributed by atoms with Crippen LogP contribution in [0.5, 0.6) is 0 Å². The Morgan fingerprint density at radius 2 is 2.29 bits per heavy atom. The van der Waals surface area contributed by atoms with E-state index in [-0.39, 0.29) is 18.4 Å². The van der Waals surface area contributed by atoms with E-state index in [9.17, 15) is 9.59 Å². The van der Waals surface area contributed by atoms with Crippen LogP contribution in [0.1, 0.15) is 12.8 Å². The molecule has 0 spiro atoms. The van der Waals surface area contributed by atoms with Crippen molar-refractivity contribution in [3.63, 3.8) is 0 Å². The van der Waals surface area contributed by atoms with E-state index in [1.54, 1.807) is 0 Å². The fourth-order valence-electron chi connectivity index (χ4n) is 1.86. The van der Waals surface area contributed by atoms with Gasteiger partial charge >= 0.3 is 0 Å². The summed E-state index contributed by atoms with van der Waals surface area (Å²) in [4.78, 5) is 24.6. The summed E-state index contributed by atoms with van der Waals surface area (Å²) in [6.07, 6.45) is 1.53. The topological polar surface area (TPSA) is 49.4 Å². The van der Waals surface area contributed by atoms with Gasteiger partial charge in [0.2, 0.25) is 11.8 Å². The number of hydrogen-bond donors (Lipinski definition) is 1. The molecule has 5 heteroatoms. The first kappa shape index (κ1) is 9.83. The lowest BCUT2D eigenvalue weighted by atomic mass is 10.2. The van der Waals surface area contributed by atoms with Crippen LogP contribution in [0, 0.1) is 0 Å². The summed E-state index contributed by atoms with van der Waals surface area (Å²) < 4.78 is 0. The number of nitrogens with one attached hydrogen (secondary N) is 1. The fourth-order valence-corrected chi connectivity index (χ4v) is 3.09. The van der Waals surface area contributed by atoms with Gasteiger partial charge in [-0.3, -0.25) is 9.59 Å². The number of thioether (sulfide) groups is 1. The summed E-state index contributed by atoms with van der Waals surface area (Å²) >= 11 is 1.89. The summed E-state index contributed by atoms with van der Waals surface area (Å²) in [5.74, 6) is 2.23. The molecule has 1 unspecified atom stereocenters. The summed E-state index contributed by atoms with van der Waals surface area (Å²) in [5, 5.41) is 2.61. The molecule has 0 bridgehead atoms. The van der Waals surface area contributed by atoms with Gasteiger partial charge in [0.15, 0.2) is 0 Å². The third-order valence-electron chi connectivity index (χ3n) is 2.68. The Balaban J connectivity index is 2.01. The van der Waals surface area contributed by atoms with Crippen LogP contribution in [0.3, 0.4) is 0 Å². The minimum Gasteiger partial charge on any atom is -0.347 e. The number of carbonyl (C=O) groups is 2. The highest BCUT2D eigenvalue weighted by Crippen LogP contribution is 2.22. The van der Waals surface area contributed by atoms with Crippen LogP contribution >= 0.6 is 11.8 Å². The second kappa shape index (κ2) is 4.21. The number of amides is 2. The zero-order valence-electron chi connectivity index (χ0n) is 7.99. The lowest BCUT2D eigenvalue weighted by molar-refractivity contribution is -0.131. The maximum Gasteiger partial charge on any atom is 0.242 e. The molecule has 2 aliphatic heterocycles. The van der Waals surface area contributed by atoms with Crippen molar-refractivity contribution in [1.29, 1.82) is 0 Å². The molecule has 2 rings (SSSR count). The van der Waals surface area contributed by atoms with Crippen LogP contribution in [0.4, 0.5) is 0 Å². The largest absolute Gasteiger partial charge is 0.347 e. The first-order chi connectivity index (χ1) is 6.77. The van der Waals surface area contributed by atoms with E-state index in [1.165, 1.54) is 0 Å². The van der Waals surface area contributed by atoms with Crippen LogP contribution in [0.15, 0.2) is 0 Å². The Labute approximate surface area is 87.4 Å². The van der Waals surface area contributed by atoms with Crippen molar-refractivity contribution >= 4 is 23.6 Å². The van der Waals surface area contributed by atoms with Crippen LogP contribution in [-0.4, -0.2) is 47.4 Å². The van der Waals surface area contributed by atoms with Gasteiger partial charge in [-0.05, 0) is 12.2 Å². The molecule has 4 nitrogen and oxygen atoms in total. The van der Waals surface area contributed by atoms with Crippen molar-refractivity contribution in [3.8, 4) is 0 Å². The molecule has 1 atom stereocenters. The van der Waals surface area contributed by atoms with Crippen molar-refractivity contribution in [3.05, 3.63) is 0 Å². The summed E-state index contributed by atoms with van der Waals surface area (Å²) in [7, 11) is 0. The summed E-state index contributed by atoms with van der Waals surface area (Å²) in [6.45, 7) is 0.774. The summed E-state index contributed by atoms with van der Waals surface area (Å²) in [5.41, 5.74) is 0. The first-order valence-corrected chi connectivity index (χ1v) is 6.07. The first-order valence-electron chi connectivity index (χ1n) is 4.91. The number of nitrogens with zero attached hydrogens (tertiary/aromatic N) is 1. The van der Waals surface area contributed by atoms with Gasteiger partial charge in [0, 0.05) is 24.8 Å². The molecule has 0 aromatic heterocycles. The molecule has 0 radical (unpaired) electrons. The zero-order valence-corrected chi connectivity index (χ0v) is 8.81. The van der Waals surface area contributed by atoms with Crippen molar-refractivity contribution < 1.29 is 9.59 Å². The van der Waals surface area contributed by atoms with E-state index in [4.69, 9.17) is 0 Å². The Kier molecular flexibility index (Phi) is 2.96. The zero-order chi connectivity index (χ0) is 9.97. The number of hydrogen-bond acceptors (Lipinski definition) is 3. The lowest BCUT2D eigenvalue weighted by Gasteiger charge is -2.26. The second-order valence-electron chi connectivity index (χ2n) is 3.63. The molecule has 2 saturated heterocycles. The molecular weight excluding hydrogens is 200 g/mol. The van der Waals surface area contributed by atoms with Crippen molar-refractivity contribution in [2.24, 2.45) is 0 Å².